The van der Waals surface area contributed by atoms with E-state index in [9.17, 15) is 0 Å². The van der Waals surface area contributed by atoms with Gasteiger partial charge in [0.05, 0.1) is 19.0 Å². The molecule has 1 aromatic carbocycles. The number of rotatable bonds is 4. The summed E-state index contributed by atoms with van der Waals surface area (Å²) in [5, 5.41) is 17.2. The average Bonchev–Trinajstić information content (AvgIpc) is 3.07. The highest BCUT2D eigenvalue weighted by molar-refractivity contribution is 5.79. The lowest BCUT2D eigenvalue weighted by atomic mass is 10.2. The zero-order chi connectivity index (χ0) is 16.4. The van der Waals surface area contributed by atoms with E-state index in [2.05, 4.69) is 20.4 Å². The van der Waals surface area contributed by atoms with Crippen LogP contribution in [0.2, 0.25) is 0 Å². The average molecular weight is 310 g/mol. The van der Waals surface area contributed by atoms with Gasteiger partial charge in [-0.25, -0.2) is 4.68 Å². The third kappa shape index (κ3) is 2.98. The van der Waals surface area contributed by atoms with Gasteiger partial charge < -0.3 is 4.74 Å². The number of benzene rings is 1. The fraction of sp³-hybridized carbons (Fsp3) is 0.250. The molecule has 0 N–H and O–H groups in total. The molecule has 3 rings (SSSR count). The molecule has 7 heteroatoms. The molecule has 2 heterocycles. The number of aryl methyl sites for hydroxylation is 3. The van der Waals surface area contributed by atoms with Crippen molar-refractivity contribution in [2.45, 2.75) is 20.8 Å². The smallest absolute Gasteiger partial charge is 0.273 e. The molecular formula is C16H18N6O. The lowest BCUT2D eigenvalue weighted by Gasteiger charge is -2.04. The Morgan fingerprint density at radius 1 is 1.09 bits per heavy atom. The van der Waals surface area contributed by atoms with Gasteiger partial charge in [-0.3, -0.25) is 0 Å². The highest BCUT2D eigenvalue weighted by atomic mass is 16.5. The molecule has 7 nitrogen and oxygen atoms in total. The maximum absolute atomic E-state index is 5.15. The number of aromatic nitrogens is 5. The third-order valence-electron chi connectivity index (χ3n) is 3.42. The standard InChI is InChI=1S/C16H18N6O/c1-11-9-12(2)21(20-11)16-19-18-13(3)22(16)17-10-14-5-7-15(23-4)8-6-14/h5-10H,1-4H3/b17-10+. The van der Waals surface area contributed by atoms with E-state index < -0.39 is 0 Å². The molecule has 0 bridgehead atoms. The first kappa shape index (κ1) is 15.0. The van der Waals surface area contributed by atoms with Gasteiger partial charge in [-0.05, 0) is 56.7 Å². The highest BCUT2D eigenvalue weighted by Crippen LogP contribution is 2.13. The predicted molar refractivity (Wildman–Crippen MR) is 87.3 cm³/mol. The minimum Gasteiger partial charge on any atom is -0.497 e. The van der Waals surface area contributed by atoms with Crippen LogP contribution in [-0.2, 0) is 0 Å². The van der Waals surface area contributed by atoms with Crippen molar-refractivity contribution < 1.29 is 4.74 Å². The summed E-state index contributed by atoms with van der Waals surface area (Å²) >= 11 is 0. The van der Waals surface area contributed by atoms with E-state index in [0.29, 0.717) is 11.8 Å². The van der Waals surface area contributed by atoms with Crippen LogP contribution < -0.4 is 4.74 Å². The Morgan fingerprint density at radius 2 is 1.83 bits per heavy atom. The van der Waals surface area contributed by atoms with Crippen molar-refractivity contribution in [1.82, 2.24) is 24.7 Å². The number of hydrogen-bond acceptors (Lipinski definition) is 5. The van der Waals surface area contributed by atoms with Crippen LogP contribution in [0.5, 0.6) is 5.75 Å². The molecule has 3 aromatic rings. The fourth-order valence-corrected chi connectivity index (χ4v) is 2.26. The van der Waals surface area contributed by atoms with Gasteiger partial charge in [-0.2, -0.15) is 14.9 Å². The lowest BCUT2D eigenvalue weighted by Crippen LogP contribution is -2.07. The van der Waals surface area contributed by atoms with E-state index in [-0.39, 0.29) is 0 Å². The Kier molecular flexibility index (Phi) is 3.92. The predicted octanol–water partition coefficient (Wildman–Crippen LogP) is 2.28. The Morgan fingerprint density at radius 3 is 2.43 bits per heavy atom. The first-order chi connectivity index (χ1) is 11.1. The van der Waals surface area contributed by atoms with Gasteiger partial charge in [0, 0.05) is 5.69 Å². The van der Waals surface area contributed by atoms with Gasteiger partial charge in [0.1, 0.15) is 5.75 Å². The summed E-state index contributed by atoms with van der Waals surface area (Å²) in [7, 11) is 1.64. The van der Waals surface area contributed by atoms with Crippen molar-refractivity contribution in [2.75, 3.05) is 7.11 Å². The SMILES string of the molecule is COc1ccc(/C=N/n2c(C)nnc2-n2nc(C)cc2C)cc1. The van der Waals surface area contributed by atoms with E-state index >= 15 is 0 Å². The minimum absolute atomic E-state index is 0.567. The highest BCUT2D eigenvalue weighted by Gasteiger charge is 2.13. The van der Waals surface area contributed by atoms with Crippen LogP contribution in [0, 0.1) is 20.8 Å². The lowest BCUT2D eigenvalue weighted by molar-refractivity contribution is 0.415. The summed E-state index contributed by atoms with van der Waals surface area (Å²) in [6.45, 7) is 5.77. The summed E-state index contributed by atoms with van der Waals surface area (Å²) in [5.41, 5.74) is 2.86. The summed E-state index contributed by atoms with van der Waals surface area (Å²) in [4.78, 5) is 0. The Labute approximate surface area is 134 Å². The molecule has 0 saturated carbocycles. The van der Waals surface area contributed by atoms with E-state index in [4.69, 9.17) is 4.74 Å². The number of nitrogens with zero attached hydrogens (tertiary/aromatic N) is 6. The molecule has 118 valence electrons. The maximum atomic E-state index is 5.15. The van der Waals surface area contributed by atoms with Crippen LogP contribution in [0.3, 0.4) is 0 Å². The number of ether oxygens (including phenoxy) is 1. The number of hydrogen-bond donors (Lipinski definition) is 0. The van der Waals surface area contributed by atoms with Crippen LogP contribution in [0.25, 0.3) is 5.95 Å². The van der Waals surface area contributed by atoms with Crippen LogP contribution >= 0.6 is 0 Å². The zero-order valence-electron chi connectivity index (χ0n) is 13.6. The van der Waals surface area contributed by atoms with Crippen molar-refractivity contribution in [2.24, 2.45) is 5.10 Å². The van der Waals surface area contributed by atoms with Crippen molar-refractivity contribution in [3.63, 3.8) is 0 Å². The fourth-order valence-electron chi connectivity index (χ4n) is 2.26. The monoisotopic (exact) mass is 310 g/mol. The first-order valence-electron chi connectivity index (χ1n) is 7.22. The first-order valence-corrected chi connectivity index (χ1v) is 7.22. The van der Waals surface area contributed by atoms with Crippen LogP contribution in [0.15, 0.2) is 35.4 Å². The normalized spacial score (nSPS) is 11.3. The van der Waals surface area contributed by atoms with E-state index in [0.717, 1.165) is 22.7 Å². The third-order valence-corrected chi connectivity index (χ3v) is 3.42. The number of methoxy groups -OCH3 is 1. The van der Waals surface area contributed by atoms with Gasteiger partial charge >= 0.3 is 0 Å². The summed E-state index contributed by atoms with van der Waals surface area (Å²) in [5.74, 6) is 2.07. The second-order valence-corrected chi connectivity index (χ2v) is 5.22. The quantitative estimate of drug-likeness (QED) is 0.693. The molecule has 0 atom stereocenters. The van der Waals surface area contributed by atoms with Gasteiger partial charge in [-0.15, -0.1) is 10.2 Å². The van der Waals surface area contributed by atoms with Crippen LogP contribution in [-0.4, -0.2) is 38.0 Å². The molecule has 0 aliphatic carbocycles. The molecule has 0 fully saturated rings. The molecule has 0 radical (unpaired) electrons. The van der Waals surface area contributed by atoms with Crippen molar-refractivity contribution in [1.29, 1.82) is 0 Å². The molecule has 0 spiro atoms. The molecule has 2 aromatic heterocycles. The Bertz CT molecular complexity index is 844. The molecule has 0 unspecified atom stereocenters. The molecule has 0 amide bonds. The second-order valence-electron chi connectivity index (χ2n) is 5.22. The summed E-state index contributed by atoms with van der Waals surface area (Å²) in [6.07, 6.45) is 1.75. The topological polar surface area (TPSA) is 70.1 Å². The van der Waals surface area contributed by atoms with Crippen molar-refractivity contribution in [3.05, 3.63) is 53.1 Å². The van der Waals surface area contributed by atoms with E-state index in [1.807, 2.05) is 51.1 Å². The second kappa shape index (κ2) is 6.04. The zero-order valence-corrected chi connectivity index (χ0v) is 13.6. The van der Waals surface area contributed by atoms with E-state index in [1.54, 1.807) is 22.7 Å². The Hall–Kier alpha value is -2.96. The summed E-state index contributed by atoms with van der Waals surface area (Å²) in [6, 6.07) is 9.64. The largest absolute Gasteiger partial charge is 0.497 e. The maximum Gasteiger partial charge on any atom is 0.273 e. The molecule has 0 aliphatic rings. The van der Waals surface area contributed by atoms with Gasteiger partial charge in [0.15, 0.2) is 5.82 Å². The summed E-state index contributed by atoms with van der Waals surface area (Å²) < 4.78 is 8.56. The van der Waals surface area contributed by atoms with Crippen molar-refractivity contribution >= 4 is 6.21 Å². The molecule has 0 saturated heterocycles. The van der Waals surface area contributed by atoms with Gasteiger partial charge in [0.25, 0.3) is 5.95 Å². The Balaban J connectivity index is 1.95. The van der Waals surface area contributed by atoms with Gasteiger partial charge in [0.2, 0.25) is 0 Å². The minimum atomic E-state index is 0.567. The van der Waals surface area contributed by atoms with Crippen LogP contribution in [0.4, 0.5) is 0 Å². The van der Waals surface area contributed by atoms with Gasteiger partial charge in [-0.1, -0.05) is 0 Å². The molecular weight excluding hydrogens is 292 g/mol. The van der Waals surface area contributed by atoms with E-state index in [1.165, 1.54) is 0 Å². The molecule has 23 heavy (non-hydrogen) atoms. The van der Waals surface area contributed by atoms with Crippen molar-refractivity contribution in [3.8, 4) is 11.7 Å². The molecule has 0 aliphatic heterocycles. The van der Waals surface area contributed by atoms with Crippen LogP contribution in [0.1, 0.15) is 22.8 Å².